The van der Waals surface area contributed by atoms with Gasteiger partial charge in [0, 0.05) is 39.4 Å². The van der Waals surface area contributed by atoms with Gasteiger partial charge in [0.05, 0.1) is 30.8 Å². The number of ether oxygens (including phenoxy) is 1. The Kier molecular flexibility index (Phi) is 9.61. The van der Waals surface area contributed by atoms with Crippen LogP contribution in [0.1, 0.15) is 23.3 Å². The Morgan fingerprint density at radius 2 is 1.97 bits per heavy atom. The molecular weight excluding hydrogens is 528 g/mol. The molecule has 0 aliphatic carbocycles. The highest BCUT2D eigenvalue weighted by Crippen LogP contribution is 2.25. The Morgan fingerprint density at radius 3 is 2.52 bits per heavy atom. The molecule has 2 aromatic rings. The standard InChI is InChI=1S/C19H27Cl2N5O2.HI/c1-13-4-5-17(28-13)16(26-6-8-27-9-7-26)12-24-19(22-2)23-11-14-10-15(20)18(21)25(14)3;/h4-5,10,16H,6-9,11-12H2,1-3H3,(H2,22,23,24);1H. The van der Waals surface area contributed by atoms with Crippen LogP contribution < -0.4 is 10.6 Å². The summed E-state index contributed by atoms with van der Waals surface area (Å²) in [5.41, 5.74) is 0.976. The van der Waals surface area contributed by atoms with Crippen LogP contribution in [0, 0.1) is 6.92 Å². The van der Waals surface area contributed by atoms with Crippen molar-refractivity contribution in [2.45, 2.75) is 19.5 Å². The molecule has 1 unspecified atom stereocenters. The van der Waals surface area contributed by atoms with Gasteiger partial charge in [-0.05, 0) is 25.1 Å². The molecule has 0 aromatic carbocycles. The van der Waals surface area contributed by atoms with Gasteiger partial charge in [0.1, 0.15) is 16.7 Å². The van der Waals surface area contributed by atoms with Crippen molar-refractivity contribution >= 4 is 53.1 Å². The van der Waals surface area contributed by atoms with Crippen molar-refractivity contribution in [3.63, 3.8) is 0 Å². The van der Waals surface area contributed by atoms with Gasteiger partial charge in [0.15, 0.2) is 5.96 Å². The Morgan fingerprint density at radius 1 is 1.24 bits per heavy atom. The maximum Gasteiger partial charge on any atom is 0.191 e. The van der Waals surface area contributed by atoms with Gasteiger partial charge in [-0.15, -0.1) is 24.0 Å². The molecule has 1 fully saturated rings. The number of aryl methyl sites for hydroxylation is 1. The van der Waals surface area contributed by atoms with Gasteiger partial charge in [-0.2, -0.15) is 0 Å². The molecule has 0 spiro atoms. The van der Waals surface area contributed by atoms with Crippen LogP contribution in [0.15, 0.2) is 27.6 Å². The number of aliphatic imine (C=N–C) groups is 1. The lowest BCUT2D eigenvalue weighted by atomic mass is 10.1. The molecule has 2 N–H and O–H groups in total. The second kappa shape index (κ2) is 11.5. The van der Waals surface area contributed by atoms with E-state index in [2.05, 4.69) is 20.5 Å². The van der Waals surface area contributed by atoms with Gasteiger partial charge < -0.3 is 24.4 Å². The Bertz CT molecular complexity index is 818. The van der Waals surface area contributed by atoms with Gasteiger partial charge >= 0.3 is 0 Å². The largest absolute Gasteiger partial charge is 0.465 e. The summed E-state index contributed by atoms with van der Waals surface area (Å²) in [7, 11) is 3.64. The number of furan rings is 1. The number of halogens is 3. The molecule has 3 heterocycles. The minimum absolute atomic E-state index is 0. The molecule has 1 aliphatic heterocycles. The van der Waals surface area contributed by atoms with Gasteiger partial charge in [-0.25, -0.2) is 0 Å². The van der Waals surface area contributed by atoms with Crippen LogP contribution in [0.3, 0.4) is 0 Å². The van der Waals surface area contributed by atoms with E-state index in [0.29, 0.717) is 29.2 Å². The zero-order valence-electron chi connectivity index (χ0n) is 16.9. The van der Waals surface area contributed by atoms with Crippen molar-refractivity contribution in [3.8, 4) is 0 Å². The van der Waals surface area contributed by atoms with Crippen LogP contribution in [0.2, 0.25) is 10.2 Å². The van der Waals surface area contributed by atoms with Crippen molar-refractivity contribution < 1.29 is 9.15 Å². The minimum atomic E-state index is 0. The monoisotopic (exact) mass is 555 g/mol. The molecule has 162 valence electrons. The van der Waals surface area contributed by atoms with E-state index in [1.165, 1.54) is 0 Å². The molecule has 1 atom stereocenters. The van der Waals surface area contributed by atoms with Gasteiger partial charge in [0.2, 0.25) is 0 Å². The molecular formula is C19H28Cl2IN5O2. The SMILES string of the molecule is CN=C(NCc1cc(Cl)c(Cl)n1C)NCC(c1ccc(C)o1)N1CCOCC1.I. The van der Waals surface area contributed by atoms with Crippen molar-refractivity contribution in [2.75, 3.05) is 39.9 Å². The molecule has 1 saturated heterocycles. The lowest BCUT2D eigenvalue weighted by Gasteiger charge is -2.33. The molecule has 3 rings (SSSR count). The van der Waals surface area contributed by atoms with E-state index >= 15 is 0 Å². The molecule has 1 aliphatic rings. The summed E-state index contributed by atoms with van der Waals surface area (Å²) in [6.45, 7) is 6.41. The van der Waals surface area contributed by atoms with Gasteiger partial charge in [-0.1, -0.05) is 23.2 Å². The zero-order chi connectivity index (χ0) is 20.1. The average Bonchev–Trinajstić information content (AvgIpc) is 3.24. The average molecular weight is 556 g/mol. The summed E-state index contributed by atoms with van der Waals surface area (Å²) in [6.07, 6.45) is 0. The summed E-state index contributed by atoms with van der Waals surface area (Å²) in [5.74, 6) is 2.56. The molecule has 0 radical (unpaired) electrons. The first-order chi connectivity index (χ1) is 13.5. The number of nitrogens with one attached hydrogen (secondary N) is 2. The maximum absolute atomic E-state index is 6.14. The summed E-state index contributed by atoms with van der Waals surface area (Å²) < 4.78 is 13.3. The first-order valence-corrected chi connectivity index (χ1v) is 10.1. The lowest BCUT2D eigenvalue weighted by Crippen LogP contribution is -2.46. The van der Waals surface area contributed by atoms with Crippen LogP contribution >= 0.6 is 47.2 Å². The third kappa shape index (κ3) is 6.27. The van der Waals surface area contributed by atoms with Gasteiger partial charge in [0.25, 0.3) is 0 Å². The van der Waals surface area contributed by atoms with Crippen LogP contribution in [-0.4, -0.2) is 55.3 Å². The van der Waals surface area contributed by atoms with Crippen molar-refractivity contribution in [2.24, 2.45) is 12.0 Å². The summed E-state index contributed by atoms with van der Waals surface area (Å²) in [5, 5.41) is 7.79. The predicted octanol–water partition coefficient (Wildman–Crippen LogP) is 3.59. The number of nitrogens with zero attached hydrogens (tertiary/aromatic N) is 3. The predicted molar refractivity (Wildman–Crippen MR) is 128 cm³/mol. The highest BCUT2D eigenvalue weighted by atomic mass is 127. The fraction of sp³-hybridized carbons (Fsp3) is 0.526. The van der Waals surface area contributed by atoms with Crippen LogP contribution in [0.4, 0.5) is 0 Å². The molecule has 0 amide bonds. The highest BCUT2D eigenvalue weighted by molar-refractivity contribution is 14.0. The van der Waals surface area contributed by atoms with Crippen LogP contribution in [0.5, 0.6) is 0 Å². The van der Waals surface area contributed by atoms with E-state index in [9.17, 15) is 0 Å². The first-order valence-electron chi connectivity index (χ1n) is 9.32. The number of guanidine groups is 1. The van der Waals surface area contributed by atoms with Crippen LogP contribution in [-0.2, 0) is 18.3 Å². The zero-order valence-corrected chi connectivity index (χ0v) is 20.7. The maximum atomic E-state index is 6.14. The van der Waals surface area contributed by atoms with E-state index < -0.39 is 0 Å². The van der Waals surface area contributed by atoms with E-state index in [0.717, 1.165) is 43.5 Å². The smallest absolute Gasteiger partial charge is 0.191 e. The Balaban J connectivity index is 0.00000300. The third-order valence-corrected chi connectivity index (χ3v) is 5.76. The van der Waals surface area contributed by atoms with Crippen LogP contribution in [0.25, 0.3) is 0 Å². The molecule has 29 heavy (non-hydrogen) atoms. The number of hydrogen-bond donors (Lipinski definition) is 2. The first kappa shape index (κ1) is 24.3. The quantitative estimate of drug-likeness (QED) is 0.324. The fourth-order valence-electron chi connectivity index (χ4n) is 3.28. The second-order valence-corrected chi connectivity index (χ2v) is 7.52. The highest BCUT2D eigenvalue weighted by Gasteiger charge is 2.25. The van der Waals surface area contributed by atoms with E-state index in [4.69, 9.17) is 32.4 Å². The van der Waals surface area contributed by atoms with E-state index in [1.54, 1.807) is 7.05 Å². The van der Waals surface area contributed by atoms with Crippen molar-refractivity contribution in [1.82, 2.24) is 20.1 Å². The topological polar surface area (TPSA) is 67.0 Å². The Labute approximate surface area is 198 Å². The summed E-state index contributed by atoms with van der Waals surface area (Å²) in [4.78, 5) is 6.70. The lowest BCUT2D eigenvalue weighted by molar-refractivity contribution is 0.0124. The minimum Gasteiger partial charge on any atom is -0.465 e. The van der Waals surface area contributed by atoms with Crippen molar-refractivity contribution in [1.29, 1.82) is 0 Å². The number of hydrogen-bond acceptors (Lipinski definition) is 4. The molecule has 0 bridgehead atoms. The molecule has 2 aromatic heterocycles. The molecule has 10 heteroatoms. The van der Waals surface area contributed by atoms with E-state index in [1.807, 2.05) is 36.7 Å². The Hall–Kier alpha value is -0.940. The fourth-order valence-corrected chi connectivity index (χ4v) is 3.69. The summed E-state index contributed by atoms with van der Waals surface area (Å²) in [6, 6.07) is 6.00. The molecule has 7 nitrogen and oxygen atoms in total. The third-order valence-electron chi connectivity index (χ3n) is 4.92. The van der Waals surface area contributed by atoms with Gasteiger partial charge in [-0.3, -0.25) is 9.89 Å². The number of morpholine rings is 1. The molecule has 0 saturated carbocycles. The number of rotatable bonds is 6. The summed E-state index contributed by atoms with van der Waals surface area (Å²) >= 11 is 12.2. The normalized spacial score (nSPS) is 16.4. The number of aromatic nitrogens is 1. The second-order valence-electron chi connectivity index (χ2n) is 6.75. The van der Waals surface area contributed by atoms with Crippen molar-refractivity contribution in [3.05, 3.63) is 45.6 Å². The van der Waals surface area contributed by atoms with E-state index in [-0.39, 0.29) is 30.0 Å².